The molecule has 3 rings (SSSR count). The van der Waals surface area contributed by atoms with Crippen molar-refractivity contribution >= 4 is 33.2 Å². The Bertz CT molecular complexity index is 1210. The third kappa shape index (κ3) is 5.73. The molecule has 3 aromatic rings. The van der Waals surface area contributed by atoms with Crippen molar-refractivity contribution in [1.82, 2.24) is 5.32 Å². The summed E-state index contributed by atoms with van der Waals surface area (Å²) in [7, 11) is -2.17. The fourth-order valence-electron chi connectivity index (χ4n) is 3.16. The van der Waals surface area contributed by atoms with Crippen LogP contribution in [0.2, 0.25) is 0 Å². The molecule has 2 amide bonds. The molecule has 32 heavy (non-hydrogen) atoms. The van der Waals surface area contributed by atoms with Gasteiger partial charge in [-0.15, -0.1) is 0 Å². The fraction of sp³-hybridized carbons (Fsp3) is 0.167. The van der Waals surface area contributed by atoms with Crippen molar-refractivity contribution in [2.45, 2.75) is 6.42 Å². The lowest BCUT2D eigenvalue weighted by Crippen LogP contribution is -2.29. The summed E-state index contributed by atoms with van der Waals surface area (Å²) in [5.41, 5.74) is 2.20. The second-order valence-electron chi connectivity index (χ2n) is 7.24. The summed E-state index contributed by atoms with van der Waals surface area (Å²) in [6, 6.07) is 22.9. The van der Waals surface area contributed by atoms with Gasteiger partial charge in [0.25, 0.3) is 11.8 Å². The Labute approximate surface area is 188 Å². The largest absolute Gasteiger partial charge is 0.352 e. The van der Waals surface area contributed by atoms with E-state index in [4.69, 9.17) is 0 Å². The third-order valence-electron chi connectivity index (χ3n) is 4.95. The van der Waals surface area contributed by atoms with E-state index >= 15 is 0 Å². The van der Waals surface area contributed by atoms with Gasteiger partial charge in [0.05, 0.1) is 28.8 Å². The molecule has 2 N–H and O–H groups in total. The van der Waals surface area contributed by atoms with E-state index in [1.165, 1.54) is 13.1 Å². The second kappa shape index (κ2) is 10.1. The Morgan fingerprint density at radius 2 is 1.41 bits per heavy atom. The van der Waals surface area contributed by atoms with E-state index < -0.39 is 15.9 Å². The minimum atomic E-state index is -3.55. The second-order valence-corrected chi connectivity index (χ2v) is 9.25. The molecule has 0 heterocycles. The van der Waals surface area contributed by atoms with E-state index in [2.05, 4.69) is 10.6 Å². The smallest absolute Gasteiger partial charge is 0.257 e. The number of nitrogens with one attached hydrogen (secondary N) is 2. The first kappa shape index (κ1) is 23.0. The van der Waals surface area contributed by atoms with Crippen LogP contribution in [0.1, 0.15) is 26.3 Å². The van der Waals surface area contributed by atoms with Crippen molar-refractivity contribution < 1.29 is 18.0 Å². The lowest BCUT2D eigenvalue weighted by atomic mass is 10.1. The first-order valence-electron chi connectivity index (χ1n) is 10.0. The van der Waals surface area contributed by atoms with Gasteiger partial charge in [-0.3, -0.25) is 13.9 Å². The van der Waals surface area contributed by atoms with Crippen LogP contribution in [0.4, 0.5) is 11.4 Å². The normalized spacial score (nSPS) is 10.9. The van der Waals surface area contributed by atoms with E-state index in [0.29, 0.717) is 24.2 Å². The van der Waals surface area contributed by atoms with E-state index in [9.17, 15) is 18.0 Å². The lowest BCUT2D eigenvalue weighted by Gasteiger charge is -2.20. The molecule has 0 aliphatic heterocycles. The maximum Gasteiger partial charge on any atom is 0.257 e. The molecule has 0 bridgehead atoms. The molecule has 0 fully saturated rings. The quantitative estimate of drug-likeness (QED) is 0.549. The number of carbonyl (C=O) groups excluding carboxylic acids is 2. The summed E-state index contributed by atoms with van der Waals surface area (Å²) in [6.45, 7) is 0.452. The summed E-state index contributed by atoms with van der Waals surface area (Å²) >= 11 is 0. The molecular formula is C24H25N3O4S. The Morgan fingerprint density at radius 3 is 2.09 bits per heavy atom. The number of hydrogen-bond donors (Lipinski definition) is 2. The van der Waals surface area contributed by atoms with Crippen molar-refractivity contribution in [1.29, 1.82) is 0 Å². The zero-order chi connectivity index (χ0) is 23.1. The van der Waals surface area contributed by atoms with Crippen LogP contribution in [0.15, 0.2) is 78.9 Å². The van der Waals surface area contributed by atoms with Crippen LogP contribution in [-0.2, 0) is 16.4 Å². The van der Waals surface area contributed by atoms with Crippen molar-refractivity contribution in [2.75, 3.05) is 29.5 Å². The Kier molecular flexibility index (Phi) is 7.27. The molecule has 7 nitrogen and oxygen atoms in total. The van der Waals surface area contributed by atoms with Gasteiger partial charge < -0.3 is 10.6 Å². The van der Waals surface area contributed by atoms with Gasteiger partial charge in [-0.05, 0) is 36.2 Å². The highest BCUT2D eigenvalue weighted by Crippen LogP contribution is 2.23. The van der Waals surface area contributed by atoms with Crippen LogP contribution in [0.3, 0.4) is 0 Å². The summed E-state index contributed by atoms with van der Waals surface area (Å²) in [5.74, 6) is -0.820. The van der Waals surface area contributed by atoms with Crippen LogP contribution in [0, 0.1) is 0 Å². The van der Waals surface area contributed by atoms with Gasteiger partial charge in [0, 0.05) is 13.6 Å². The summed E-state index contributed by atoms with van der Waals surface area (Å²) < 4.78 is 25.0. The number of para-hydroxylation sites is 2. The highest BCUT2D eigenvalue weighted by Gasteiger charge is 2.21. The van der Waals surface area contributed by atoms with Gasteiger partial charge in [0.15, 0.2) is 0 Å². The number of hydrogen-bond acceptors (Lipinski definition) is 4. The topological polar surface area (TPSA) is 95.6 Å². The molecule has 8 heteroatoms. The standard InChI is InChI=1S/C24H25N3O4S/c1-27(32(2,30)31)22-15-9-7-13-20(22)24(29)26-21-14-8-6-12-19(21)23(28)25-17-16-18-10-4-3-5-11-18/h3-15H,16-17H2,1-2H3,(H,25,28)(H,26,29). The third-order valence-corrected chi connectivity index (χ3v) is 6.14. The van der Waals surface area contributed by atoms with Crippen LogP contribution >= 0.6 is 0 Å². The summed E-state index contributed by atoms with van der Waals surface area (Å²) in [4.78, 5) is 25.7. The number of nitrogens with zero attached hydrogens (tertiary/aromatic N) is 1. The van der Waals surface area contributed by atoms with Gasteiger partial charge in [-0.1, -0.05) is 54.6 Å². The maximum absolute atomic E-state index is 13.0. The number of rotatable bonds is 8. The Balaban J connectivity index is 1.75. The van der Waals surface area contributed by atoms with Gasteiger partial charge in [-0.25, -0.2) is 8.42 Å². The molecule has 0 atom stereocenters. The summed E-state index contributed by atoms with van der Waals surface area (Å²) in [5, 5.41) is 5.61. The average molecular weight is 452 g/mol. The zero-order valence-corrected chi connectivity index (χ0v) is 18.7. The number of amides is 2. The monoisotopic (exact) mass is 451 g/mol. The lowest BCUT2D eigenvalue weighted by molar-refractivity contribution is 0.0955. The highest BCUT2D eigenvalue weighted by molar-refractivity contribution is 7.92. The SMILES string of the molecule is CN(c1ccccc1C(=O)Nc1ccccc1C(=O)NCCc1ccccc1)S(C)(=O)=O. The van der Waals surface area contributed by atoms with Crippen LogP contribution < -0.4 is 14.9 Å². The van der Waals surface area contributed by atoms with E-state index in [0.717, 1.165) is 16.1 Å². The molecule has 0 saturated heterocycles. The van der Waals surface area contributed by atoms with Gasteiger partial charge >= 0.3 is 0 Å². The predicted octanol–water partition coefficient (Wildman–Crippen LogP) is 3.31. The molecule has 0 saturated carbocycles. The molecular weight excluding hydrogens is 426 g/mol. The Hall–Kier alpha value is -3.65. The zero-order valence-electron chi connectivity index (χ0n) is 17.9. The number of carbonyl (C=O) groups is 2. The molecule has 0 aliphatic carbocycles. The number of benzene rings is 3. The molecule has 0 aromatic heterocycles. The van der Waals surface area contributed by atoms with Crippen molar-refractivity contribution in [3.05, 3.63) is 95.6 Å². The van der Waals surface area contributed by atoms with Crippen molar-refractivity contribution in [3.8, 4) is 0 Å². The van der Waals surface area contributed by atoms with Crippen molar-refractivity contribution in [3.63, 3.8) is 0 Å². The molecule has 0 radical (unpaired) electrons. The molecule has 0 spiro atoms. The summed E-state index contributed by atoms with van der Waals surface area (Å²) in [6.07, 6.45) is 1.75. The minimum Gasteiger partial charge on any atom is -0.352 e. The van der Waals surface area contributed by atoms with Crippen LogP contribution in [0.25, 0.3) is 0 Å². The van der Waals surface area contributed by atoms with Crippen molar-refractivity contribution in [2.24, 2.45) is 0 Å². The average Bonchev–Trinajstić information content (AvgIpc) is 2.79. The fourth-order valence-corrected chi connectivity index (χ4v) is 3.68. The van der Waals surface area contributed by atoms with Crippen LogP contribution in [0.5, 0.6) is 0 Å². The van der Waals surface area contributed by atoms with E-state index in [1.807, 2.05) is 30.3 Å². The van der Waals surface area contributed by atoms with Gasteiger partial charge in [0.1, 0.15) is 0 Å². The highest BCUT2D eigenvalue weighted by atomic mass is 32.2. The number of sulfonamides is 1. The van der Waals surface area contributed by atoms with Gasteiger partial charge in [0.2, 0.25) is 10.0 Å². The molecule has 0 unspecified atom stereocenters. The van der Waals surface area contributed by atoms with Crippen LogP contribution in [-0.4, -0.2) is 40.1 Å². The Morgan fingerprint density at radius 1 is 0.812 bits per heavy atom. The maximum atomic E-state index is 13.0. The van der Waals surface area contributed by atoms with E-state index in [1.54, 1.807) is 42.5 Å². The predicted molar refractivity (Wildman–Crippen MR) is 127 cm³/mol. The molecule has 0 aliphatic rings. The minimum absolute atomic E-state index is 0.180. The first-order valence-corrected chi connectivity index (χ1v) is 11.9. The van der Waals surface area contributed by atoms with E-state index in [-0.39, 0.29) is 17.2 Å². The van der Waals surface area contributed by atoms with Gasteiger partial charge in [-0.2, -0.15) is 0 Å². The molecule has 166 valence electrons. The first-order chi connectivity index (χ1) is 15.3. The number of anilines is 2. The molecule has 3 aromatic carbocycles.